The fourth-order valence-electron chi connectivity index (χ4n) is 2.34. The molecule has 0 aliphatic rings. The van der Waals surface area contributed by atoms with Crippen molar-refractivity contribution in [3.63, 3.8) is 0 Å². The van der Waals surface area contributed by atoms with Crippen LogP contribution in [0.5, 0.6) is 5.75 Å². The summed E-state index contributed by atoms with van der Waals surface area (Å²) in [7, 11) is 0. The molecule has 7 heteroatoms. The first-order chi connectivity index (χ1) is 12.8. The van der Waals surface area contributed by atoms with Crippen LogP contribution < -0.4 is 10.1 Å². The summed E-state index contributed by atoms with van der Waals surface area (Å²) in [6.07, 6.45) is -1.82. The van der Waals surface area contributed by atoms with E-state index >= 15 is 0 Å². The largest absolute Gasteiger partial charge is 0.479 e. The molecule has 0 aliphatic carbocycles. The molecule has 1 amide bonds. The number of amides is 1. The first-order valence-corrected chi connectivity index (χ1v) is 9.21. The topological polar surface area (TPSA) is 64.6 Å². The standard InChI is InChI=1S/C20H21Cl2NO4/c1-12(17-10-9-15(21)11-18(17)22)23-19(24)13(2)27-20(25)14(3)26-16-7-5-4-6-8-16/h4-14H,1-3H3,(H,23,24)/t12-,13-,14+/m0/s1. The Morgan fingerprint density at radius 1 is 0.963 bits per heavy atom. The molecular weight excluding hydrogens is 389 g/mol. The zero-order valence-electron chi connectivity index (χ0n) is 15.2. The smallest absolute Gasteiger partial charge is 0.347 e. The number of carbonyl (C=O) groups excluding carboxylic acids is 2. The maximum atomic E-state index is 12.3. The van der Waals surface area contributed by atoms with Crippen molar-refractivity contribution >= 4 is 35.1 Å². The van der Waals surface area contributed by atoms with Crippen molar-refractivity contribution in [3.05, 3.63) is 64.1 Å². The fourth-order valence-corrected chi connectivity index (χ4v) is 2.91. The number of rotatable bonds is 7. The van der Waals surface area contributed by atoms with E-state index in [9.17, 15) is 9.59 Å². The number of nitrogens with one attached hydrogen (secondary N) is 1. The summed E-state index contributed by atoms with van der Waals surface area (Å²) < 4.78 is 10.7. The highest BCUT2D eigenvalue weighted by atomic mass is 35.5. The molecule has 0 radical (unpaired) electrons. The highest BCUT2D eigenvalue weighted by Crippen LogP contribution is 2.26. The van der Waals surface area contributed by atoms with Crippen molar-refractivity contribution in [1.29, 1.82) is 0 Å². The van der Waals surface area contributed by atoms with Crippen molar-refractivity contribution < 1.29 is 19.1 Å². The molecular formula is C20H21Cl2NO4. The van der Waals surface area contributed by atoms with Gasteiger partial charge in [0.2, 0.25) is 0 Å². The highest BCUT2D eigenvalue weighted by Gasteiger charge is 2.24. The molecule has 2 aromatic carbocycles. The Kier molecular flexibility index (Phi) is 7.51. The molecule has 0 fully saturated rings. The van der Waals surface area contributed by atoms with Crippen LogP contribution in [0.1, 0.15) is 32.4 Å². The lowest BCUT2D eigenvalue weighted by atomic mass is 10.1. The van der Waals surface area contributed by atoms with Crippen molar-refractivity contribution in [2.45, 2.75) is 39.0 Å². The summed E-state index contributed by atoms with van der Waals surface area (Å²) in [4.78, 5) is 24.5. The molecule has 0 aliphatic heterocycles. The summed E-state index contributed by atoms with van der Waals surface area (Å²) in [6, 6.07) is 13.6. The number of halogens is 2. The van der Waals surface area contributed by atoms with Gasteiger partial charge in [0, 0.05) is 10.0 Å². The predicted octanol–water partition coefficient (Wildman–Crippen LogP) is 4.57. The van der Waals surface area contributed by atoms with E-state index < -0.39 is 24.1 Å². The average Bonchev–Trinajstić information content (AvgIpc) is 2.62. The van der Waals surface area contributed by atoms with Crippen molar-refractivity contribution in [1.82, 2.24) is 5.32 Å². The van der Waals surface area contributed by atoms with Crippen LogP contribution in [0.3, 0.4) is 0 Å². The molecule has 0 saturated heterocycles. The summed E-state index contributed by atoms with van der Waals surface area (Å²) >= 11 is 12.0. The van der Waals surface area contributed by atoms with Crippen molar-refractivity contribution in [2.75, 3.05) is 0 Å². The Morgan fingerprint density at radius 3 is 2.26 bits per heavy atom. The number of carbonyl (C=O) groups is 2. The Bertz CT molecular complexity index is 798. The third-order valence-corrected chi connectivity index (χ3v) is 4.40. The molecule has 144 valence electrons. The normalized spacial score (nSPS) is 14.0. The molecule has 2 aromatic rings. The maximum Gasteiger partial charge on any atom is 0.347 e. The molecule has 0 heterocycles. The Hall–Kier alpha value is -2.24. The quantitative estimate of drug-likeness (QED) is 0.680. The van der Waals surface area contributed by atoms with Gasteiger partial charge < -0.3 is 14.8 Å². The number of esters is 1. The Morgan fingerprint density at radius 2 is 1.63 bits per heavy atom. The molecule has 0 bridgehead atoms. The molecule has 0 spiro atoms. The zero-order valence-corrected chi connectivity index (χ0v) is 16.8. The van der Waals surface area contributed by atoms with Crippen molar-refractivity contribution in [3.8, 4) is 5.75 Å². The van der Waals surface area contributed by atoms with Crippen LogP contribution >= 0.6 is 23.2 Å². The lowest BCUT2D eigenvalue weighted by Gasteiger charge is -2.21. The minimum Gasteiger partial charge on any atom is -0.479 e. The van der Waals surface area contributed by atoms with Gasteiger partial charge in [-0.15, -0.1) is 0 Å². The van der Waals surface area contributed by atoms with Gasteiger partial charge in [-0.25, -0.2) is 4.79 Å². The van der Waals surface area contributed by atoms with Gasteiger partial charge in [0.25, 0.3) is 5.91 Å². The second-order valence-corrected chi connectivity index (χ2v) is 6.89. The van der Waals surface area contributed by atoms with Crippen LogP contribution in [0.4, 0.5) is 0 Å². The molecule has 0 aromatic heterocycles. The van der Waals surface area contributed by atoms with Crippen LogP contribution in [0.15, 0.2) is 48.5 Å². The fraction of sp³-hybridized carbons (Fsp3) is 0.300. The molecule has 0 unspecified atom stereocenters. The minimum atomic E-state index is -0.979. The molecule has 3 atom stereocenters. The third-order valence-electron chi connectivity index (χ3n) is 3.84. The van der Waals surface area contributed by atoms with Gasteiger partial charge in [-0.1, -0.05) is 47.5 Å². The predicted molar refractivity (Wildman–Crippen MR) is 105 cm³/mol. The first-order valence-electron chi connectivity index (χ1n) is 8.45. The van der Waals surface area contributed by atoms with E-state index in [0.29, 0.717) is 21.4 Å². The first kappa shape index (κ1) is 21.1. The van der Waals surface area contributed by atoms with Crippen molar-refractivity contribution in [2.24, 2.45) is 0 Å². The molecule has 2 rings (SSSR count). The van der Waals surface area contributed by atoms with Gasteiger partial charge in [0.1, 0.15) is 5.75 Å². The van der Waals surface area contributed by atoms with Crippen LogP contribution in [0, 0.1) is 0 Å². The molecule has 1 N–H and O–H groups in total. The zero-order chi connectivity index (χ0) is 20.0. The minimum absolute atomic E-state index is 0.374. The third kappa shape index (κ3) is 6.15. The summed E-state index contributed by atoms with van der Waals surface area (Å²) in [5.74, 6) is -0.516. The molecule has 27 heavy (non-hydrogen) atoms. The van der Waals surface area contributed by atoms with Gasteiger partial charge >= 0.3 is 5.97 Å². The van der Waals surface area contributed by atoms with Gasteiger partial charge in [-0.2, -0.15) is 0 Å². The van der Waals surface area contributed by atoms with Crippen LogP contribution in [-0.2, 0) is 14.3 Å². The Labute approximate surface area is 168 Å². The van der Waals surface area contributed by atoms with E-state index in [1.165, 1.54) is 6.92 Å². The average molecular weight is 410 g/mol. The maximum absolute atomic E-state index is 12.3. The lowest BCUT2D eigenvalue weighted by Crippen LogP contribution is -2.39. The van der Waals surface area contributed by atoms with E-state index in [4.69, 9.17) is 32.7 Å². The van der Waals surface area contributed by atoms with E-state index in [1.807, 2.05) is 6.07 Å². The van der Waals surface area contributed by atoms with E-state index in [0.717, 1.165) is 0 Å². The van der Waals surface area contributed by atoms with Crippen LogP contribution in [-0.4, -0.2) is 24.1 Å². The van der Waals surface area contributed by atoms with Gasteiger partial charge in [-0.05, 0) is 50.6 Å². The Balaban J connectivity index is 1.89. The van der Waals surface area contributed by atoms with Crippen LogP contribution in [0.2, 0.25) is 10.0 Å². The number of ether oxygens (including phenoxy) is 2. The van der Waals surface area contributed by atoms with E-state index in [2.05, 4.69) is 5.32 Å². The second kappa shape index (κ2) is 9.62. The van der Waals surface area contributed by atoms with E-state index in [1.54, 1.807) is 56.3 Å². The molecule has 0 saturated carbocycles. The summed E-state index contributed by atoms with van der Waals surface area (Å²) in [6.45, 7) is 4.84. The van der Waals surface area contributed by atoms with Gasteiger partial charge in [0.15, 0.2) is 12.2 Å². The number of hydrogen-bond acceptors (Lipinski definition) is 4. The SMILES string of the molecule is C[C@H](OC(=O)[C@@H](C)Oc1ccccc1)C(=O)N[C@@H](C)c1ccc(Cl)cc1Cl. The number of benzene rings is 2. The second-order valence-electron chi connectivity index (χ2n) is 6.05. The van der Waals surface area contributed by atoms with Gasteiger partial charge in [0.05, 0.1) is 6.04 Å². The highest BCUT2D eigenvalue weighted by molar-refractivity contribution is 6.35. The van der Waals surface area contributed by atoms with Crippen LogP contribution in [0.25, 0.3) is 0 Å². The monoisotopic (exact) mass is 409 g/mol. The van der Waals surface area contributed by atoms with E-state index in [-0.39, 0.29) is 6.04 Å². The number of para-hydroxylation sites is 1. The summed E-state index contributed by atoms with van der Waals surface area (Å²) in [5, 5.41) is 3.73. The lowest BCUT2D eigenvalue weighted by molar-refractivity contribution is -0.161. The molecule has 5 nitrogen and oxygen atoms in total. The van der Waals surface area contributed by atoms with Gasteiger partial charge in [-0.3, -0.25) is 4.79 Å². The number of hydrogen-bond donors (Lipinski definition) is 1. The summed E-state index contributed by atoms with van der Waals surface area (Å²) in [5.41, 5.74) is 0.716.